The van der Waals surface area contributed by atoms with Crippen molar-refractivity contribution in [1.82, 2.24) is 0 Å². The van der Waals surface area contributed by atoms with Crippen molar-refractivity contribution in [1.29, 1.82) is 0 Å². The van der Waals surface area contributed by atoms with Crippen LogP contribution in [0.3, 0.4) is 0 Å². The fourth-order valence-electron chi connectivity index (χ4n) is 0.812. The smallest absolute Gasteiger partial charge is 0 e. The summed E-state index contributed by atoms with van der Waals surface area (Å²) >= 11 is -4.97. The van der Waals surface area contributed by atoms with E-state index < -0.39 is 29.2 Å². The summed E-state index contributed by atoms with van der Waals surface area (Å²) in [7, 11) is -4.31. The van der Waals surface area contributed by atoms with Gasteiger partial charge in [-0.15, -0.1) is 0 Å². The molecule has 0 amide bonds. The van der Waals surface area contributed by atoms with Gasteiger partial charge >= 0.3 is 82.7 Å². The minimum absolute atomic E-state index is 0. The summed E-state index contributed by atoms with van der Waals surface area (Å²) in [5.74, 6) is 0. The van der Waals surface area contributed by atoms with Crippen LogP contribution in [0.25, 0.3) is 0 Å². The molecule has 1 aromatic carbocycles. The van der Waals surface area contributed by atoms with Crippen LogP contribution in [0.5, 0.6) is 0 Å². The number of hydrogen-bond donors (Lipinski definition) is 3. The van der Waals surface area contributed by atoms with Crippen molar-refractivity contribution < 1.29 is 24.9 Å². The Kier molecular flexibility index (Phi) is 5.30. The number of rotatable bonds is 2. The van der Waals surface area contributed by atoms with Crippen LogP contribution in [-0.2, 0) is 13.9 Å². The molecule has 15 heavy (non-hydrogen) atoms. The fraction of sp³-hybridized carbons (Fsp3) is 0. The standard InChI is InChI=1S/C6H7AsO6S.Na/c8-7(9,10)5-1-3-6(4-2-5)14(11,12)13;/h1-4H,(H2,8,9,10)(H,11,12,13);. The van der Waals surface area contributed by atoms with Crippen LogP contribution in [0.4, 0.5) is 0 Å². The van der Waals surface area contributed by atoms with E-state index in [1.165, 1.54) is 0 Å². The maximum absolute atomic E-state index is 10.7. The Hall–Kier alpha value is 0.408. The third kappa shape index (κ3) is 4.42. The molecule has 1 radical (unpaired) electrons. The first-order valence-corrected chi connectivity index (χ1v) is 8.17. The Balaban J connectivity index is 0.00000196. The molecule has 6 nitrogen and oxygen atoms in total. The summed E-state index contributed by atoms with van der Waals surface area (Å²) in [4.78, 5) is -0.398. The molecule has 1 rings (SSSR count). The molecule has 79 valence electrons. The average Bonchev–Trinajstić information content (AvgIpc) is 2.01. The molecule has 0 aliphatic carbocycles. The van der Waals surface area contributed by atoms with Crippen LogP contribution in [-0.4, -0.2) is 64.9 Å². The molecular weight excluding hydrogens is 298 g/mol. The molecule has 0 aromatic heterocycles. The zero-order valence-electron chi connectivity index (χ0n) is 7.73. The Labute approximate surface area is 111 Å². The molecule has 0 saturated heterocycles. The van der Waals surface area contributed by atoms with E-state index in [4.69, 9.17) is 12.7 Å². The first kappa shape index (κ1) is 15.4. The normalized spacial score (nSPS) is 11.9. The predicted molar refractivity (Wildman–Crippen MR) is 52.5 cm³/mol. The summed E-state index contributed by atoms with van der Waals surface area (Å²) in [6.45, 7) is 0. The van der Waals surface area contributed by atoms with Gasteiger partial charge in [0.25, 0.3) is 0 Å². The molecule has 0 bridgehead atoms. The van der Waals surface area contributed by atoms with Crippen LogP contribution < -0.4 is 4.35 Å². The van der Waals surface area contributed by atoms with Gasteiger partial charge in [0, 0.05) is 29.6 Å². The largest absolute Gasteiger partial charge is 0 e. The van der Waals surface area contributed by atoms with Crippen molar-refractivity contribution in [3.05, 3.63) is 24.3 Å². The van der Waals surface area contributed by atoms with Gasteiger partial charge < -0.3 is 0 Å². The molecule has 0 atom stereocenters. The second kappa shape index (κ2) is 5.16. The Morgan fingerprint density at radius 1 is 1.07 bits per heavy atom. The molecule has 0 aliphatic rings. The minimum atomic E-state index is -4.97. The van der Waals surface area contributed by atoms with E-state index >= 15 is 0 Å². The van der Waals surface area contributed by atoms with Gasteiger partial charge in [0.05, 0.1) is 0 Å². The van der Waals surface area contributed by atoms with E-state index in [2.05, 4.69) is 0 Å². The van der Waals surface area contributed by atoms with Crippen molar-refractivity contribution in [2.75, 3.05) is 0 Å². The van der Waals surface area contributed by atoms with Gasteiger partial charge in [0.2, 0.25) is 0 Å². The molecule has 0 spiro atoms. The molecule has 9 heteroatoms. The third-order valence-electron chi connectivity index (χ3n) is 1.47. The van der Waals surface area contributed by atoms with Crippen molar-refractivity contribution in [3.63, 3.8) is 0 Å². The van der Waals surface area contributed by atoms with E-state index in [1.54, 1.807) is 0 Å². The Morgan fingerprint density at radius 3 is 1.73 bits per heavy atom. The maximum atomic E-state index is 10.7. The van der Waals surface area contributed by atoms with Crippen LogP contribution in [0.2, 0.25) is 0 Å². The maximum Gasteiger partial charge on any atom is 0 e. The molecule has 0 aliphatic heterocycles. The molecule has 3 N–H and O–H groups in total. The van der Waals surface area contributed by atoms with Crippen LogP contribution in [0.1, 0.15) is 0 Å². The van der Waals surface area contributed by atoms with E-state index in [0.717, 1.165) is 24.3 Å². The van der Waals surface area contributed by atoms with Gasteiger partial charge in [-0.1, -0.05) is 0 Å². The monoisotopic (exact) mass is 305 g/mol. The van der Waals surface area contributed by atoms with E-state index in [1.807, 2.05) is 0 Å². The second-order valence-electron chi connectivity index (χ2n) is 2.51. The minimum Gasteiger partial charge on any atom is 0 e. The molecule has 1 aromatic rings. The first-order valence-electron chi connectivity index (χ1n) is 3.35. The first-order chi connectivity index (χ1) is 6.21. The van der Waals surface area contributed by atoms with E-state index in [-0.39, 0.29) is 33.9 Å². The SMILES string of the molecule is O=S(=O)(O)c1ccc([As](=O)(O)O)cc1.[Na]. The van der Waals surface area contributed by atoms with Gasteiger partial charge in [-0.2, -0.15) is 0 Å². The van der Waals surface area contributed by atoms with Gasteiger partial charge in [0.15, 0.2) is 0 Å². The molecule has 0 unspecified atom stereocenters. The van der Waals surface area contributed by atoms with Crippen molar-refractivity contribution in [2.24, 2.45) is 0 Å². The molecule has 0 saturated carbocycles. The quantitative estimate of drug-likeness (QED) is 0.435. The fourth-order valence-corrected chi connectivity index (χ4v) is 2.42. The van der Waals surface area contributed by atoms with Crippen LogP contribution in [0, 0.1) is 0 Å². The number of hydrogen-bond acceptors (Lipinski definition) is 3. The van der Waals surface area contributed by atoms with Gasteiger partial charge in [-0.3, -0.25) is 0 Å². The van der Waals surface area contributed by atoms with E-state index in [9.17, 15) is 12.2 Å². The number of benzene rings is 1. The van der Waals surface area contributed by atoms with Crippen LogP contribution in [0.15, 0.2) is 29.2 Å². The summed E-state index contributed by atoms with van der Waals surface area (Å²) < 4.78 is 57.7. The van der Waals surface area contributed by atoms with Crippen molar-refractivity contribution >= 4 is 58.2 Å². The molecule has 0 heterocycles. The summed E-state index contributed by atoms with van der Waals surface area (Å²) in [6, 6.07) is 3.82. The third-order valence-corrected chi connectivity index (χ3v) is 4.38. The summed E-state index contributed by atoms with van der Waals surface area (Å²) in [5.41, 5.74) is 0. The summed E-state index contributed by atoms with van der Waals surface area (Å²) in [6.07, 6.45) is 0. The van der Waals surface area contributed by atoms with Gasteiger partial charge in [0.1, 0.15) is 0 Å². The van der Waals surface area contributed by atoms with Gasteiger partial charge in [-0.25, -0.2) is 0 Å². The Bertz CT molecular complexity index is 475. The Morgan fingerprint density at radius 2 is 1.47 bits per heavy atom. The second-order valence-corrected chi connectivity index (χ2v) is 7.30. The molecule has 0 fully saturated rings. The van der Waals surface area contributed by atoms with Crippen molar-refractivity contribution in [2.45, 2.75) is 4.90 Å². The zero-order chi connectivity index (χ0) is 11.0. The van der Waals surface area contributed by atoms with E-state index in [0.29, 0.717) is 0 Å². The van der Waals surface area contributed by atoms with Crippen molar-refractivity contribution in [3.8, 4) is 0 Å². The average molecular weight is 305 g/mol. The molecular formula is C6H7AsNaO6S. The van der Waals surface area contributed by atoms with Gasteiger partial charge in [-0.05, 0) is 0 Å². The van der Waals surface area contributed by atoms with Crippen LogP contribution >= 0.6 is 0 Å². The summed E-state index contributed by atoms with van der Waals surface area (Å²) in [5, 5.41) is 0. The zero-order valence-corrected chi connectivity index (χ0v) is 12.4. The topological polar surface area (TPSA) is 112 Å². The predicted octanol–water partition coefficient (Wildman–Crippen LogP) is -1.89.